The maximum absolute atomic E-state index is 3.13. The van der Waals surface area contributed by atoms with Crippen LogP contribution in [-0.2, 0) is 0 Å². The van der Waals surface area contributed by atoms with Gasteiger partial charge in [0.25, 0.3) is 0 Å². The van der Waals surface area contributed by atoms with Crippen LogP contribution < -0.4 is 0 Å². The van der Waals surface area contributed by atoms with E-state index in [9.17, 15) is 0 Å². The molecule has 0 nitrogen and oxygen atoms in total. The summed E-state index contributed by atoms with van der Waals surface area (Å²) in [5.41, 5.74) is 2.90. The monoisotopic (exact) mass is 422 g/mol. The molecule has 0 aliphatic rings. The zero-order valence-electron chi connectivity index (χ0n) is 20.3. The van der Waals surface area contributed by atoms with Crippen molar-refractivity contribution in [3.8, 4) is 11.6 Å². The van der Waals surface area contributed by atoms with Gasteiger partial charge in [-0.05, 0) is 6.42 Å². The molecule has 0 rings (SSSR count). The van der Waals surface area contributed by atoms with E-state index in [-0.39, 0.29) is 0 Å². The predicted octanol–water partition coefficient (Wildman–Crippen LogP) is 10.6. The van der Waals surface area contributed by atoms with Crippen molar-refractivity contribution >= 4 is 9.24 Å². The van der Waals surface area contributed by atoms with E-state index in [4.69, 9.17) is 0 Å². The van der Waals surface area contributed by atoms with Gasteiger partial charge in [0.15, 0.2) is 0 Å². The van der Waals surface area contributed by atoms with Crippen LogP contribution in [0.4, 0.5) is 0 Å². The Kier molecular flexibility index (Phi) is 28.0. The van der Waals surface area contributed by atoms with Gasteiger partial charge < -0.3 is 0 Å². The van der Waals surface area contributed by atoms with Crippen LogP contribution in [-0.4, -0.2) is 0 Å². The van der Waals surface area contributed by atoms with Gasteiger partial charge in [-0.25, -0.2) is 0 Å². The molecule has 0 radical (unpaired) electrons. The Hall–Kier alpha value is -0.0100. The van der Waals surface area contributed by atoms with E-state index < -0.39 is 0 Å². The van der Waals surface area contributed by atoms with Gasteiger partial charge in [-0.3, -0.25) is 0 Å². The zero-order chi connectivity index (χ0) is 21.1. The molecule has 0 amide bonds. The lowest BCUT2D eigenvalue weighted by atomic mass is 10.0. The molecule has 0 fully saturated rings. The molecule has 1 heteroatoms. The second kappa shape index (κ2) is 28.0. The Labute approximate surface area is 188 Å². The van der Waals surface area contributed by atoms with E-state index in [1.54, 1.807) is 0 Å². The van der Waals surface area contributed by atoms with Crippen molar-refractivity contribution < 1.29 is 0 Å². The highest BCUT2D eigenvalue weighted by Gasteiger charge is 1.96. The summed E-state index contributed by atoms with van der Waals surface area (Å²) in [6.45, 7) is 2.30. The first-order valence-corrected chi connectivity index (χ1v) is 14.2. The van der Waals surface area contributed by atoms with Crippen LogP contribution in [0.3, 0.4) is 0 Å². The van der Waals surface area contributed by atoms with Gasteiger partial charge >= 0.3 is 0 Å². The Balaban J connectivity index is 2.99. The molecule has 0 N–H and O–H groups in total. The largest absolute Gasteiger partial charge is 0.0992 e. The highest BCUT2D eigenvalue weighted by atomic mass is 31.0. The highest BCUT2D eigenvalue weighted by molar-refractivity contribution is 7.23. The van der Waals surface area contributed by atoms with E-state index >= 15 is 0 Å². The Morgan fingerprint density at radius 3 is 0.862 bits per heavy atom. The second-order valence-electron chi connectivity index (χ2n) is 9.20. The van der Waals surface area contributed by atoms with Crippen molar-refractivity contribution in [3.63, 3.8) is 0 Å². The fraction of sp³-hybridized carbons (Fsp3) is 0.929. The molecule has 0 saturated heterocycles. The Morgan fingerprint density at radius 2 is 0.621 bits per heavy atom. The molecule has 1 atom stereocenters. The summed E-state index contributed by atoms with van der Waals surface area (Å²) in [5, 5.41) is 0. The standard InChI is InChI=1S/C28H55P/c1-2-3-4-5-6-7-8-9-10-11-12-13-14-15-16-17-18-19-20-21-22-23-24-25-26-27-28-29/h2-26,29H2,1H3. The fourth-order valence-corrected chi connectivity index (χ4v) is 4.39. The molecule has 0 aliphatic carbocycles. The Bertz CT molecular complexity index is 338. The summed E-state index contributed by atoms with van der Waals surface area (Å²) < 4.78 is 0. The van der Waals surface area contributed by atoms with Gasteiger partial charge in [0.2, 0.25) is 0 Å². The first-order chi connectivity index (χ1) is 14.4. The maximum atomic E-state index is 3.13. The quantitative estimate of drug-likeness (QED) is 0.0824. The summed E-state index contributed by atoms with van der Waals surface area (Å²) in [4.78, 5) is 0. The van der Waals surface area contributed by atoms with E-state index in [1.165, 1.54) is 154 Å². The molecular formula is C28H55P. The third-order valence-corrected chi connectivity index (χ3v) is 6.46. The first kappa shape index (κ1) is 29.0. The van der Waals surface area contributed by atoms with Gasteiger partial charge in [-0.15, -0.1) is 0 Å². The average molecular weight is 423 g/mol. The van der Waals surface area contributed by atoms with Crippen LogP contribution >= 0.6 is 9.24 Å². The topological polar surface area (TPSA) is 0 Å². The van der Waals surface area contributed by atoms with Crippen LogP contribution in [0.5, 0.6) is 0 Å². The highest BCUT2D eigenvalue weighted by Crippen LogP contribution is 2.15. The summed E-state index contributed by atoms with van der Waals surface area (Å²) in [5.74, 6) is 3.13. The Morgan fingerprint density at radius 1 is 0.379 bits per heavy atom. The van der Waals surface area contributed by atoms with Crippen molar-refractivity contribution in [2.24, 2.45) is 0 Å². The molecule has 172 valence electrons. The maximum Gasteiger partial charge on any atom is 0.00919 e. The summed E-state index contributed by atoms with van der Waals surface area (Å²) in [7, 11) is 2.48. The smallest absolute Gasteiger partial charge is 0.00919 e. The lowest BCUT2D eigenvalue weighted by Crippen LogP contribution is -1.84. The third kappa shape index (κ3) is 28.0. The van der Waals surface area contributed by atoms with Crippen LogP contribution in [0.25, 0.3) is 0 Å². The lowest BCUT2D eigenvalue weighted by Gasteiger charge is -2.04. The second-order valence-corrected chi connectivity index (χ2v) is 9.49. The van der Waals surface area contributed by atoms with E-state index in [2.05, 4.69) is 27.7 Å². The van der Waals surface area contributed by atoms with E-state index in [0.717, 1.165) is 6.42 Å². The van der Waals surface area contributed by atoms with Crippen LogP contribution in [0.15, 0.2) is 0 Å². The summed E-state index contributed by atoms with van der Waals surface area (Å²) in [6, 6.07) is 0. The van der Waals surface area contributed by atoms with E-state index in [1.807, 2.05) is 0 Å². The molecule has 0 saturated carbocycles. The van der Waals surface area contributed by atoms with Gasteiger partial charge in [-0.1, -0.05) is 175 Å². The SMILES string of the molecule is CCCCCCCCCCCCCCCCCCCCCCCCCCC#CP. The molecule has 0 aromatic heterocycles. The normalized spacial score (nSPS) is 10.8. The van der Waals surface area contributed by atoms with Gasteiger partial charge in [0.1, 0.15) is 0 Å². The number of hydrogen-bond donors (Lipinski definition) is 0. The number of unbranched alkanes of at least 4 members (excludes halogenated alkanes) is 24. The zero-order valence-corrected chi connectivity index (χ0v) is 21.4. The van der Waals surface area contributed by atoms with Gasteiger partial charge in [0, 0.05) is 6.42 Å². The molecule has 0 spiro atoms. The third-order valence-electron chi connectivity index (χ3n) is 6.26. The summed E-state index contributed by atoms with van der Waals surface area (Å²) >= 11 is 0. The molecule has 0 aromatic rings. The number of rotatable bonds is 24. The van der Waals surface area contributed by atoms with Crippen molar-refractivity contribution in [2.75, 3.05) is 0 Å². The van der Waals surface area contributed by atoms with Crippen molar-refractivity contribution in [3.05, 3.63) is 0 Å². The van der Waals surface area contributed by atoms with Crippen molar-refractivity contribution in [1.82, 2.24) is 0 Å². The predicted molar refractivity (Wildman–Crippen MR) is 139 cm³/mol. The minimum absolute atomic E-state index is 1.09. The fourth-order valence-electron chi connectivity index (χ4n) is 4.25. The lowest BCUT2D eigenvalue weighted by molar-refractivity contribution is 0.517. The summed E-state index contributed by atoms with van der Waals surface area (Å²) in [6.07, 6.45) is 36.0. The van der Waals surface area contributed by atoms with Gasteiger partial charge in [-0.2, -0.15) is 0 Å². The van der Waals surface area contributed by atoms with Crippen LogP contribution in [0.2, 0.25) is 0 Å². The molecule has 0 bridgehead atoms. The van der Waals surface area contributed by atoms with Crippen molar-refractivity contribution in [1.29, 1.82) is 0 Å². The minimum Gasteiger partial charge on any atom is -0.0992 e. The average Bonchev–Trinajstić information content (AvgIpc) is 2.74. The van der Waals surface area contributed by atoms with Gasteiger partial charge in [0.05, 0.1) is 0 Å². The van der Waals surface area contributed by atoms with Crippen LogP contribution in [0.1, 0.15) is 167 Å². The minimum atomic E-state index is 1.09. The van der Waals surface area contributed by atoms with E-state index in [0.29, 0.717) is 0 Å². The molecule has 29 heavy (non-hydrogen) atoms. The van der Waals surface area contributed by atoms with Crippen molar-refractivity contribution in [2.45, 2.75) is 167 Å². The molecular weight excluding hydrogens is 367 g/mol. The number of hydrogen-bond acceptors (Lipinski definition) is 0. The molecule has 0 aromatic carbocycles. The molecule has 0 aliphatic heterocycles. The van der Waals surface area contributed by atoms with Crippen LogP contribution in [0, 0.1) is 11.6 Å². The molecule has 1 unspecified atom stereocenters. The molecule has 0 heterocycles. The first-order valence-electron chi connectivity index (χ1n) is 13.6.